The van der Waals surface area contributed by atoms with Crippen molar-refractivity contribution in [2.45, 2.75) is 45.6 Å². The summed E-state index contributed by atoms with van der Waals surface area (Å²) in [4.78, 5) is 2.36. The van der Waals surface area contributed by atoms with Gasteiger partial charge in [0.1, 0.15) is 5.54 Å². The summed E-state index contributed by atoms with van der Waals surface area (Å²) in [7, 11) is 0. The van der Waals surface area contributed by atoms with E-state index in [9.17, 15) is 5.26 Å². The van der Waals surface area contributed by atoms with Gasteiger partial charge in [0.15, 0.2) is 0 Å². The number of rotatable bonds is 9. The maximum atomic E-state index is 9.33. The van der Waals surface area contributed by atoms with Crippen LogP contribution in [0.1, 0.15) is 40.0 Å². The molecule has 1 aromatic rings. The lowest BCUT2D eigenvalue weighted by atomic mass is 9.97. The number of nitrogens with zero attached hydrogens (tertiary/aromatic N) is 2. The Labute approximate surface area is 123 Å². The number of hydrogen-bond acceptors (Lipinski definition) is 3. The van der Waals surface area contributed by atoms with Crippen LogP contribution in [0.5, 0.6) is 0 Å². The van der Waals surface area contributed by atoms with E-state index in [1.165, 1.54) is 5.69 Å². The van der Waals surface area contributed by atoms with Crippen molar-refractivity contribution in [3.63, 3.8) is 0 Å². The number of para-hydroxylation sites is 1. The van der Waals surface area contributed by atoms with Gasteiger partial charge in [-0.3, -0.25) is 5.32 Å². The average molecular weight is 273 g/mol. The number of hydrogen-bond donors (Lipinski definition) is 1. The molecule has 0 radical (unpaired) electrons. The molecule has 0 aliphatic carbocycles. The molecule has 0 saturated carbocycles. The van der Waals surface area contributed by atoms with Crippen molar-refractivity contribution >= 4 is 5.69 Å². The van der Waals surface area contributed by atoms with Crippen molar-refractivity contribution < 1.29 is 0 Å². The molecule has 110 valence electrons. The van der Waals surface area contributed by atoms with Gasteiger partial charge in [0.05, 0.1) is 6.07 Å². The number of nitriles is 1. The molecule has 1 N–H and O–H groups in total. The van der Waals surface area contributed by atoms with Crippen LogP contribution in [0, 0.1) is 11.3 Å². The standard InChI is InChI=1S/C17H27N3/c1-4-13-19-17(3,15-18)12-9-14-20(5-2)16-10-7-6-8-11-16/h6-8,10-11,19H,4-5,9,12-14H2,1-3H3. The molecule has 0 spiro atoms. The normalized spacial score (nSPS) is 13.5. The van der Waals surface area contributed by atoms with E-state index in [0.29, 0.717) is 0 Å². The van der Waals surface area contributed by atoms with Gasteiger partial charge < -0.3 is 4.90 Å². The van der Waals surface area contributed by atoms with Gasteiger partial charge in [0.25, 0.3) is 0 Å². The molecule has 1 aromatic carbocycles. The van der Waals surface area contributed by atoms with Crippen LogP contribution in [0.2, 0.25) is 0 Å². The van der Waals surface area contributed by atoms with Crippen LogP contribution >= 0.6 is 0 Å². The van der Waals surface area contributed by atoms with Gasteiger partial charge in [0.2, 0.25) is 0 Å². The Kier molecular flexibility index (Phi) is 7.11. The SMILES string of the molecule is CCCNC(C)(C#N)CCCN(CC)c1ccccc1. The monoisotopic (exact) mass is 273 g/mol. The summed E-state index contributed by atoms with van der Waals surface area (Å²) < 4.78 is 0. The van der Waals surface area contributed by atoms with Crippen LogP contribution in [0.15, 0.2) is 30.3 Å². The molecule has 3 heteroatoms. The van der Waals surface area contributed by atoms with Crippen molar-refractivity contribution in [3.05, 3.63) is 30.3 Å². The molecule has 0 bridgehead atoms. The Bertz CT molecular complexity index is 410. The highest BCUT2D eigenvalue weighted by atomic mass is 15.1. The van der Waals surface area contributed by atoms with Crippen LogP contribution in [-0.4, -0.2) is 25.2 Å². The van der Waals surface area contributed by atoms with Crippen LogP contribution in [0.25, 0.3) is 0 Å². The highest BCUT2D eigenvalue weighted by Gasteiger charge is 2.22. The van der Waals surface area contributed by atoms with Crippen molar-refractivity contribution in [1.82, 2.24) is 5.32 Å². The molecule has 20 heavy (non-hydrogen) atoms. The van der Waals surface area contributed by atoms with Gasteiger partial charge in [-0.15, -0.1) is 0 Å². The van der Waals surface area contributed by atoms with Crippen molar-refractivity contribution in [2.24, 2.45) is 0 Å². The summed E-state index contributed by atoms with van der Waals surface area (Å²) in [6, 6.07) is 12.9. The Hall–Kier alpha value is -1.53. The second-order valence-corrected chi connectivity index (χ2v) is 5.39. The van der Waals surface area contributed by atoms with Crippen LogP contribution in [0.4, 0.5) is 5.69 Å². The van der Waals surface area contributed by atoms with Gasteiger partial charge in [-0.05, 0) is 51.8 Å². The van der Waals surface area contributed by atoms with E-state index in [2.05, 4.69) is 54.4 Å². The summed E-state index contributed by atoms with van der Waals surface area (Å²) >= 11 is 0. The third kappa shape index (κ3) is 5.22. The number of benzene rings is 1. The first kappa shape index (κ1) is 16.5. The zero-order valence-corrected chi connectivity index (χ0v) is 13.0. The molecule has 0 amide bonds. The summed E-state index contributed by atoms with van der Waals surface area (Å²) in [6.07, 6.45) is 2.96. The minimum Gasteiger partial charge on any atom is -0.372 e. The van der Waals surface area contributed by atoms with E-state index >= 15 is 0 Å². The molecule has 0 saturated heterocycles. The Morgan fingerprint density at radius 2 is 1.95 bits per heavy atom. The van der Waals surface area contributed by atoms with E-state index in [4.69, 9.17) is 0 Å². The smallest absolute Gasteiger partial charge is 0.103 e. The summed E-state index contributed by atoms with van der Waals surface area (Å²) in [5.74, 6) is 0. The zero-order valence-electron chi connectivity index (χ0n) is 13.0. The van der Waals surface area contributed by atoms with Crippen molar-refractivity contribution in [1.29, 1.82) is 5.26 Å². The molecule has 0 heterocycles. The molecule has 1 atom stereocenters. The van der Waals surface area contributed by atoms with Gasteiger partial charge >= 0.3 is 0 Å². The molecule has 0 aliphatic heterocycles. The zero-order chi connectivity index (χ0) is 14.8. The molecular formula is C17H27N3. The minimum atomic E-state index is -0.397. The average Bonchev–Trinajstić information content (AvgIpc) is 2.50. The third-order valence-electron chi connectivity index (χ3n) is 3.62. The number of nitrogens with one attached hydrogen (secondary N) is 1. The molecule has 1 unspecified atom stereocenters. The second-order valence-electron chi connectivity index (χ2n) is 5.39. The molecule has 0 aliphatic rings. The third-order valence-corrected chi connectivity index (χ3v) is 3.62. The molecule has 0 aromatic heterocycles. The lowest BCUT2D eigenvalue weighted by molar-refractivity contribution is 0.407. The van der Waals surface area contributed by atoms with Crippen LogP contribution in [-0.2, 0) is 0 Å². The summed E-state index contributed by atoms with van der Waals surface area (Å²) in [5.41, 5.74) is 0.863. The van der Waals surface area contributed by atoms with Crippen molar-refractivity contribution in [3.8, 4) is 6.07 Å². The number of anilines is 1. The van der Waals surface area contributed by atoms with E-state index in [0.717, 1.165) is 38.9 Å². The van der Waals surface area contributed by atoms with Crippen molar-refractivity contribution in [2.75, 3.05) is 24.5 Å². The van der Waals surface area contributed by atoms with Gasteiger partial charge in [-0.1, -0.05) is 25.1 Å². The fourth-order valence-electron chi connectivity index (χ4n) is 2.32. The van der Waals surface area contributed by atoms with E-state index in [1.54, 1.807) is 0 Å². The van der Waals surface area contributed by atoms with Gasteiger partial charge in [-0.2, -0.15) is 5.26 Å². The minimum absolute atomic E-state index is 0.397. The van der Waals surface area contributed by atoms with Crippen LogP contribution < -0.4 is 10.2 Å². The fourth-order valence-corrected chi connectivity index (χ4v) is 2.32. The topological polar surface area (TPSA) is 39.1 Å². The van der Waals surface area contributed by atoms with E-state index in [1.807, 2.05) is 13.0 Å². The first-order valence-electron chi connectivity index (χ1n) is 7.61. The molecule has 1 rings (SSSR count). The highest BCUT2D eigenvalue weighted by Crippen LogP contribution is 2.16. The van der Waals surface area contributed by atoms with E-state index in [-0.39, 0.29) is 0 Å². The Morgan fingerprint density at radius 3 is 2.50 bits per heavy atom. The maximum Gasteiger partial charge on any atom is 0.103 e. The lowest BCUT2D eigenvalue weighted by Crippen LogP contribution is -2.42. The first-order valence-corrected chi connectivity index (χ1v) is 7.61. The fraction of sp³-hybridized carbons (Fsp3) is 0.588. The molecule has 3 nitrogen and oxygen atoms in total. The van der Waals surface area contributed by atoms with E-state index < -0.39 is 5.54 Å². The predicted molar refractivity (Wildman–Crippen MR) is 85.9 cm³/mol. The molecular weight excluding hydrogens is 246 g/mol. The second kappa shape index (κ2) is 8.60. The van der Waals surface area contributed by atoms with Crippen LogP contribution in [0.3, 0.4) is 0 Å². The van der Waals surface area contributed by atoms with Gasteiger partial charge in [-0.25, -0.2) is 0 Å². The van der Waals surface area contributed by atoms with Gasteiger partial charge in [0, 0.05) is 18.8 Å². The quantitative estimate of drug-likeness (QED) is 0.747. The summed E-state index contributed by atoms with van der Waals surface area (Å²) in [5, 5.41) is 12.7. The Morgan fingerprint density at radius 1 is 1.25 bits per heavy atom. The Balaban J connectivity index is 2.47. The first-order chi connectivity index (χ1) is 9.65. The predicted octanol–water partition coefficient (Wildman–Crippen LogP) is 3.57. The largest absolute Gasteiger partial charge is 0.372 e. The highest BCUT2D eigenvalue weighted by molar-refractivity contribution is 5.45. The molecule has 0 fully saturated rings. The maximum absolute atomic E-state index is 9.33. The summed E-state index contributed by atoms with van der Waals surface area (Å²) in [6.45, 7) is 9.19. The lowest BCUT2D eigenvalue weighted by Gasteiger charge is -2.27.